The van der Waals surface area contributed by atoms with Crippen molar-refractivity contribution >= 4 is 17.0 Å². The van der Waals surface area contributed by atoms with Gasteiger partial charge in [-0.15, -0.1) is 29.1 Å². The molecular formula is C7H8BrOZn-. The van der Waals surface area contributed by atoms with Crippen LogP contribution >= 0.6 is 17.0 Å². The van der Waals surface area contributed by atoms with Crippen LogP contribution in [0.3, 0.4) is 0 Å². The third-order valence-corrected chi connectivity index (χ3v) is 0.923. The van der Waals surface area contributed by atoms with Gasteiger partial charge in [-0.25, -0.2) is 0 Å². The molecule has 10 heavy (non-hydrogen) atoms. The molecular weight excluding hydrogens is 245 g/mol. The molecule has 0 amide bonds. The SMILES string of the molecule is Br.COc1cc[c-]cc1.[Zn]. The van der Waals surface area contributed by atoms with Crippen molar-refractivity contribution in [2.45, 2.75) is 0 Å². The van der Waals surface area contributed by atoms with Gasteiger partial charge in [-0.05, 0) is 0 Å². The van der Waals surface area contributed by atoms with Gasteiger partial charge in [-0.2, -0.15) is 18.2 Å². The molecule has 0 saturated heterocycles. The zero-order valence-corrected chi connectivity index (χ0v) is 10.5. The molecule has 0 spiro atoms. The molecule has 0 atom stereocenters. The Hall–Kier alpha value is 0.123. The number of ether oxygens (including phenoxy) is 1. The fourth-order valence-corrected chi connectivity index (χ4v) is 0.508. The van der Waals surface area contributed by atoms with Gasteiger partial charge in [0.15, 0.2) is 0 Å². The summed E-state index contributed by atoms with van der Waals surface area (Å²) < 4.78 is 4.89. The summed E-state index contributed by atoms with van der Waals surface area (Å²) in [6.45, 7) is 0. The number of benzene rings is 1. The molecule has 52 valence electrons. The molecule has 0 radical (unpaired) electrons. The summed E-state index contributed by atoms with van der Waals surface area (Å²) in [5, 5.41) is 0. The van der Waals surface area contributed by atoms with E-state index < -0.39 is 0 Å². The smallest absolute Gasteiger partial charge is 0.0743 e. The zero-order chi connectivity index (χ0) is 5.82. The molecule has 0 aliphatic rings. The third kappa shape index (κ3) is 4.02. The van der Waals surface area contributed by atoms with Crippen LogP contribution < -0.4 is 4.74 Å². The summed E-state index contributed by atoms with van der Waals surface area (Å²) in [6, 6.07) is 10.2. The fraction of sp³-hybridized carbons (Fsp3) is 0.143. The molecule has 1 aromatic rings. The Balaban J connectivity index is 0. The molecule has 0 N–H and O–H groups in total. The van der Waals surface area contributed by atoms with E-state index in [-0.39, 0.29) is 36.5 Å². The van der Waals surface area contributed by atoms with Crippen molar-refractivity contribution in [1.82, 2.24) is 0 Å². The van der Waals surface area contributed by atoms with Crippen molar-refractivity contribution in [1.29, 1.82) is 0 Å². The summed E-state index contributed by atoms with van der Waals surface area (Å²) in [4.78, 5) is 0. The van der Waals surface area contributed by atoms with Crippen LogP contribution in [-0.2, 0) is 19.5 Å². The molecule has 0 aromatic heterocycles. The minimum absolute atomic E-state index is 0. The van der Waals surface area contributed by atoms with E-state index in [0.29, 0.717) is 0 Å². The molecule has 1 nitrogen and oxygen atoms in total. The molecule has 0 saturated carbocycles. The average Bonchev–Trinajstić information content (AvgIpc) is 1.90. The van der Waals surface area contributed by atoms with Crippen LogP contribution in [0.25, 0.3) is 0 Å². The van der Waals surface area contributed by atoms with Gasteiger partial charge >= 0.3 is 0 Å². The van der Waals surface area contributed by atoms with Crippen LogP contribution in [0.2, 0.25) is 0 Å². The fourth-order valence-electron chi connectivity index (χ4n) is 0.508. The maximum absolute atomic E-state index is 4.89. The summed E-state index contributed by atoms with van der Waals surface area (Å²) in [5.74, 6) is 0.878. The Morgan fingerprint density at radius 2 is 1.80 bits per heavy atom. The van der Waals surface area contributed by atoms with E-state index in [1.54, 1.807) is 7.11 Å². The van der Waals surface area contributed by atoms with Crippen molar-refractivity contribution in [3.05, 3.63) is 30.3 Å². The standard InChI is InChI=1S/C7H7O.BrH.Zn/c1-8-7-5-3-2-4-6-7;;/h3-6H,1H3;1H;/q-1;;. The second-order valence-corrected chi connectivity index (χ2v) is 1.44. The quantitative estimate of drug-likeness (QED) is 0.550. The molecule has 1 aromatic carbocycles. The van der Waals surface area contributed by atoms with Gasteiger partial charge in [0.05, 0.1) is 7.11 Å². The Bertz CT molecular complexity index is 155. The first-order valence-electron chi connectivity index (χ1n) is 2.43. The first-order valence-corrected chi connectivity index (χ1v) is 2.43. The van der Waals surface area contributed by atoms with Crippen LogP contribution in [0.1, 0.15) is 0 Å². The maximum atomic E-state index is 4.89. The van der Waals surface area contributed by atoms with Crippen LogP contribution in [-0.4, -0.2) is 7.11 Å². The number of methoxy groups -OCH3 is 1. The van der Waals surface area contributed by atoms with Crippen molar-refractivity contribution in [3.63, 3.8) is 0 Å². The number of hydrogen-bond acceptors (Lipinski definition) is 1. The predicted octanol–water partition coefficient (Wildman–Crippen LogP) is 2.07. The summed E-state index contributed by atoms with van der Waals surface area (Å²) in [7, 11) is 1.65. The Kier molecular flexibility index (Phi) is 9.24. The normalized spacial score (nSPS) is 6.90. The number of rotatable bonds is 1. The molecule has 0 unspecified atom stereocenters. The molecule has 0 bridgehead atoms. The predicted molar refractivity (Wildman–Crippen MR) is 42.2 cm³/mol. The van der Waals surface area contributed by atoms with Crippen LogP contribution in [0, 0.1) is 6.07 Å². The van der Waals surface area contributed by atoms with E-state index in [9.17, 15) is 0 Å². The molecule has 3 heteroatoms. The van der Waals surface area contributed by atoms with E-state index in [4.69, 9.17) is 4.74 Å². The van der Waals surface area contributed by atoms with E-state index >= 15 is 0 Å². The Labute approximate surface area is 84.3 Å². The van der Waals surface area contributed by atoms with E-state index in [0.717, 1.165) is 5.75 Å². The molecule has 0 heterocycles. The number of hydrogen-bond donors (Lipinski definition) is 0. The van der Waals surface area contributed by atoms with Gasteiger partial charge in [0.2, 0.25) is 0 Å². The van der Waals surface area contributed by atoms with Crippen molar-refractivity contribution in [2.24, 2.45) is 0 Å². The molecule has 1 rings (SSSR count). The third-order valence-electron chi connectivity index (χ3n) is 0.923. The van der Waals surface area contributed by atoms with Crippen molar-refractivity contribution in [2.75, 3.05) is 7.11 Å². The minimum Gasteiger partial charge on any atom is -0.522 e. The second kappa shape index (κ2) is 7.23. The first kappa shape index (κ1) is 12.8. The largest absolute Gasteiger partial charge is 0.522 e. The monoisotopic (exact) mass is 251 g/mol. The Morgan fingerprint density at radius 3 is 2.10 bits per heavy atom. The van der Waals surface area contributed by atoms with Gasteiger partial charge in [0.25, 0.3) is 0 Å². The summed E-state index contributed by atoms with van der Waals surface area (Å²) >= 11 is 0. The molecule has 0 aliphatic heterocycles. The van der Waals surface area contributed by atoms with E-state index in [1.165, 1.54) is 0 Å². The zero-order valence-electron chi connectivity index (χ0n) is 5.83. The van der Waals surface area contributed by atoms with Gasteiger partial charge in [-0.3, -0.25) is 0 Å². The summed E-state index contributed by atoms with van der Waals surface area (Å²) in [5.41, 5.74) is 0. The second-order valence-electron chi connectivity index (χ2n) is 1.44. The van der Waals surface area contributed by atoms with Crippen LogP contribution in [0.4, 0.5) is 0 Å². The molecule has 0 aliphatic carbocycles. The maximum Gasteiger partial charge on any atom is 0.0743 e. The van der Waals surface area contributed by atoms with Gasteiger partial charge in [-0.1, -0.05) is 0 Å². The average molecular weight is 253 g/mol. The van der Waals surface area contributed by atoms with Gasteiger partial charge in [0.1, 0.15) is 0 Å². The summed E-state index contributed by atoms with van der Waals surface area (Å²) in [6.07, 6.45) is 0. The van der Waals surface area contributed by atoms with E-state index in [2.05, 4.69) is 6.07 Å². The Morgan fingerprint density at radius 1 is 1.30 bits per heavy atom. The molecule has 0 fully saturated rings. The van der Waals surface area contributed by atoms with E-state index in [1.807, 2.05) is 24.3 Å². The number of halogens is 1. The van der Waals surface area contributed by atoms with Gasteiger partial charge in [0, 0.05) is 25.2 Å². The minimum atomic E-state index is 0. The van der Waals surface area contributed by atoms with Crippen molar-refractivity contribution in [3.8, 4) is 5.75 Å². The van der Waals surface area contributed by atoms with Crippen molar-refractivity contribution < 1.29 is 24.2 Å². The van der Waals surface area contributed by atoms with Crippen LogP contribution in [0.15, 0.2) is 24.3 Å². The van der Waals surface area contributed by atoms with Crippen LogP contribution in [0.5, 0.6) is 5.75 Å². The topological polar surface area (TPSA) is 9.23 Å². The van der Waals surface area contributed by atoms with Gasteiger partial charge < -0.3 is 4.74 Å². The first-order chi connectivity index (χ1) is 3.93.